The Kier molecular flexibility index (Phi) is 9.56. The lowest BCUT2D eigenvalue weighted by Gasteiger charge is -2.38. The zero-order valence-electron chi connectivity index (χ0n) is 23.5. The molecule has 0 radical (unpaired) electrons. The molecular formula is C30H38ClN3O7. The molecule has 7 atom stereocenters. The second kappa shape index (κ2) is 12.8. The molecule has 0 aromatic heterocycles. The van der Waals surface area contributed by atoms with Crippen molar-refractivity contribution in [1.82, 2.24) is 10.2 Å². The monoisotopic (exact) mass is 587 g/mol. The van der Waals surface area contributed by atoms with Gasteiger partial charge in [0.05, 0.1) is 47.8 Å². The Morgan fingerprint density at radius 3 is 2.68 bits per heavy atom. The molecule has 3 aliphatic rings. The minimum atomic E-state index is -1.27. The first-order valence-corrected chi connectivity index (χ1v) is 14.3. The number of hydrogen-bond acceptors (Lipinski definition) is 7. The lowest BCUT2D eigenvalue weighted by Crippen LogP contribution is -2.58. The fourth-order valence-electron chi connectivity index (χ4n) is 6.35. The summed E-state index contributed by atoms with van der Waals surface area (Å²) in [5, 5.41) is 13.2. The van der Waals surface area contributed by atoms with Crippen molar-refractivity contribution < 1.29 is 33.8 Å². The molecule has 3 amide bonds. The second-order valence-electron chi connectivity index (χ2n) is 10.9. The Morgan fingerprint density at radius 1 is 1.29 bits per heavy atom. The van der Waals surface area contributed by atoms with Crippen LogP contribution in [0.5, 0.6) is 0 Å². The fourth-order valence-corrected chi connectivity index (χ4v) is 6.59. The molecule has 1 aromatic carbocycles. The summed E-state index contributed by atoms with van der Waals surface area (Å²) in [4.78, 5) is 56.7. The van der Waals surface area contributed by atoms with Gasteiger partial charge in [0.15, 0.2) is 0 Å². The number of fused-ring (bicyclic) bond motifs is 1. The lowest BCUT2D eigenvalue weighted by molar-refractivity contribution is -0.159. The summed E-state index contributed by atoms with van der Waals surface area (Å²) < 4.78 is 12.1. The maximum atomic E-state index is 14.4. The number of likely N-dealkylation sites (tertiary alicyclic amines) is 1. The minimum Gasteiger partial charge on any atom is -0.460 e. The molecule has 10 nitrogen and oxygen atoms in total. The third kappa shape index (κ3) is 5.65. The predicted octanol–water partition coefficient (Wildman–Crippen LogP) is 2.63. The van der Waals surface area contributed by atoms with Gasteiger partial charge in [0.1, 0.15) is 17.7 Å². The van der Waals surface area contributed by atoms with Crippen LogP contribution in [0.25, 0.3) is 0 Å². The van der Waals surface area contributed by atoms with Gasteiger partial charge in [-0.15, -0.1) is 13.2 Å². The summed E-state index contributed by atoms with van der Waals surface area (Å²) in [7, 11) is 0. The van der Waals surface area contributed by atoms with E-state index in [2.05, 4.69) is 18.5 Å². The molecule has 3 aliphatic heterocycles. The number of esters is 1. The number of carbonyl (C=O) groups is 4. The highest BCUT2D eigenvalue weighted by molar-refractivity contribution is 6.34. The van der Waals surface area contributed by atoms with E-state index in [0.717, 1.165) is 0 Å². The largest absolute Gasteiger partial charge is 0.460 e. The van der Waals surface area contributed by atoms with Crippen molar-refractivity contribution in [2.75, 3.05) is 24.6 Å². The normalized spacial score (nSPS) is 27.6. The summed E-state index contributed by atoms with van der Waals surface area (Å²) in [6.07, 6.45) is 3.66. The molecule has 3 heterocycles. The van der Waals surface area contributed by atoms with Crippen molar-refractivity contribution in [3.63, 3.8) is 0 Å². The number of rotatable bonds is 13. The van der Waals surface area contributed by atoms with Crippen molar-refractivity contribution >= 4 is 41.0 Å². The third-order valence-corrected chi connectivity index (χ3v) is 8.50. The number of aliphatic hydroxyl groups is 1. The zero-order valence-corrected chi connectivity index (χ0v) is 24.2. The molecule has 1 spiro atoms. The quantitative estimate of drug-likeness (QED) is 0.268. The van der Waals surface area contributed by atoms with Crippen molar-refractivity contribution in [2.24, 2.45) is 11.8 Å². The average Bonchev–Trinajstić information content (AvgIpc) is 3.60. The van der Waals surface area contributed by atoms with E-state index >= 15 is 0 Å². The molecular weight excluding hydrogens is 550 g/mol. The van der Waals surface area contributed by atoms with Gasteiger partial charge >= 0.3 is 5.97 Å². The van der Waals surface area contributed by atoms with Gasteiger partial charge in [0.2, 0.25) is 11.8 Å². The maximum Gasteiger partial charge on any atom is 0.312 e. The number of para-hydroxylation sites is 1. The molecule has 2 bridgehead atoms. The van der Waals surface area contributed by atoms with Crippen molar-refractivity contribution in [1.29, 1.82) is 0 Å². The number of allylic oxidation sites excluding steroid dienone is 1. The van der Waals surface area contributed by atoms with Gasteiger partial charge in [-0.1, -0.05) is 35.9 Å². The molecule has 3 saturated heterocycles. The van der Waals surface area contributed by atoms with Crippen molar-refractivity contribution in [3.8, 4) is 0 Å². The smallest absolute Gasteiger partial charge is 0.312 e. The molecule has 41 heavy (non-hydrogen) atoms. The van der Waals surface area contributed by atoms with Crippen LogP contribution in [0.1, 0.15) is 39.5 Å². The van der Waals surface area contributed by atoms with E-state index < -0.39 is 59.5 Å². The Labute approximate surface area is 245 Å². The molecule has 0 aliphatic carbocycles. The first-order valence-electron chi connectivity index (χ1n) is 14.0. The fraction of sp³-hybridized carbons (Fsp3) is 0.533. The van der Waals surface area contributed by atoms with E-state index in [1.807, 2.05) is 0 Å². The van der Waals surface area contributed by atoms with Crippen LogP contribution >= 0.6 is 11.6 Å². The molecule has 0 saturated carbocycles. The number of anilines is 1. The number of benzene rings is 1. The highest BCUT2D eigenvalue weighted by atomic mass is 35.5. The van der Waals surface area contributed by atoms with E-state index in [4.69, 9.17) is 21.1 Å². The van der Waals surface area contributed by atoms with Crippen molar-refractivity contribution in [2.45, 2.75) is 69.4 Å². The average molecular weight is 588 g/mol. The van der Waals surface area contributed by atoms with E-state index in [1.165, 1.54) is 9.80 Å². The third-order valence-electron chi connectivity index (χ3n) is 8.18. The van der Waals surface area contributed by atoms with Crippen LogP contribution in [0.2, 0.25) is 5.02 Å². The first-order chi connectivity index (χ1) is 19.6. The first kappa shape index (κ1) is 30.7. The number of hydrogen-bond donors (Lipinski definition) is 2. The number of amides is 3. The second-order valence-corrected chi connectivity index (χ2v) is 11.3. The molecule has 222 valence electrons. The number of ether oxygens (including phenoxy) is 2. The van der Waals surface area contributed by atoms with Crippen molar-refractivity contribution in [3.05, 3.63) is 54.6 Å². The Morgan fingerprint density at radius 2 is 2.02 bits per heavy atom. The Hall–Kier alpha value is -3.21. The van der Waals surface area contributed by atoms with Gasteiger partial charge in [-0.25, -0.2) is 0 Å². The number of aliphatic hydroxyl groups excluding tert-OH is 1. The topological polar surface area (TPSA) is 125 Å². The summed E-state index contributed by atoms with van der Waals surface area (Å²) in [6.45, 7) is 10.6. The molecule has 2 N–H and O–H groups in total. The van der Waals surface area contributed by atoms with E-state index in [1.54, 1.807) is 50.3 Å². The molecule has 11 heteroatoms. The van der Waals surface area contributed by atoms with Crippen LogP contribution in [0, 0.1) is 11.8 Å². The summed E-state index contributed by atoms with van der Waals surface area (Å²) in [6, 6.07) is 5.08. The van der Waals surface area contributed by atoms with Crippen LogP contribution in [-0.4, -0.2) is 83.3 Å². The summed E-state index contributed by atoms with van der Waals surface area (Å²) in [5.74, 6) is -3.53. The minimum absolute atomic E-state index is 0.118. The number of carbonyl (C=O) groups excluding carboxylic acids is 4. The Balaban J connectivity index is 1.62. The molecule has 4 rings (SSSR count). The molecule has 0 unspecified atom stereocenters. The lowest BCUT2D eigenvalue weighted by atomic mass is 9.70. The van der Waals surface area contributed by atoms with Crippen LogP contribution in [0.15, 0.2) is 49.6 Å². The van der Waals surface area contributed by atoms with E-state index in [-0.39, 0.29) is 32.0 Å². The number of nitrogens with one attached hydrogen (secondary N) is 1. The molecule has 1 aromatic rings. The highest BCUT2D eigenvalue weighted by Crippen LogP contribution is 2.59. The van der Waals surface area contributed by atoms with Gasteiger partial charge in [-0.05, 0) is 45.2 Å². The van der Waals surface area contributed by atoms with Crippen LogP contribution in [0.3, 0.4) is 0 Å². The van der Waals surface area contributed by atoms with Crippen LogP contribution in [0.4, 0.5) is 5.69 Å². The van der Waals surface area contributed by atoms with E-state index in [0.29, 0.717) is 30.0 Å². The summed E-state index contributed by atoms with van der Waals surface area (Å²) in [5.41, 5.74) is -0.815. The van der Waals surface area contributed by atoms with E-state index in [9.17, 15) is 24.3 Å². The van der Waals surface area contributed by atoms with Crippen LogP contribution in [-0.2, 0) is 28.7 Å². The zero-order chi connectivity index (χ0) is 29.9. The molecule has 3 fully saturated rings. The SMILES string of the molecule is C=CCCC(=O)NC[C@H](C)OC(=O)[C@@H]1[C@@H]2CC[C@]3(O2)[C@H](C(=O)N(CC=C)c2ccccc2Cl)N([C@H](C)CO)C(=O)[C@@H]13. The van der Waals surface area contributed by atoms with Crippen LogP contribution < -0.4 is 10.2 Å². The van der Waals surface area contributed by atoms with Gasteiger partial charge in [-0.2, -0.15) is 0 Å². The van der Waals surface area contributed by atoms with Gasteiger partial charge in [0.25, 0.3) is 5.91 Å². The highest BCUT2D eigenvalue weighted by Gasteiger charge is 2.75. The standard InChI is InChI=1S/C30H38ClN3O7/c1-5-7-12-23(36)32-16-19(4)40-29(39)24-22-13-14-30(41-22)25(24)27(37)34(18(3)17-35)26(30)28(38)33(15-6-2)21-11-9-8-10-20(21)31/h5-6,8-11,18-19,22,24-26,35H,1-2,7,12-17H2,3-4H3,(H,32,36)/t18-,19+,22+,24-,25-,26+,30-/m1/s1. The predicted molar refractivity (Wildman–Crippen MR) is 153 cm³/mol. The Bertz CT molecular complexity index is 1210. The van der Waals surface area contributed by atoms with Gasteiger partial charge in [0, 0.05) is 13.0 Å². The number of halogens is 1. The maximum absolute atomic E-state index is 14.4. The number of nitrogens with zero attached hydrogens (tertiary/aromatic N) is 2. The van der Waals surface area contributed by atoms with Gasteiger partial charge in [-0.3, -0.25) is 19.2 Å². The summed E-state index contributed by atoms with van der Waals surface area (Å²) >= 11 is 6.46. The van der Waals surface area contributed by atoms with Gasteiger partial charge < -0.3 is 29.7 Å².